The molecule has 1 amide bonds. The van der Waals surface area contributed by atoms with Crippen molar-refractivity contribution in [3.8, 4) is 11.3 Å². The molecule has 23 heavy (non-hydrogen) atoms. The second-order valence-electron chi connectivity index (χ2n) is 6.03. The first-order valence-electron chi connectivity index (χ1n) is 7.83. The van der Waals surface area contributed by atoms with E-state index >= 15 is 0 Å². The van der Waals surface area contributed by atoms with Crippen LogP contribution in [0.4, 0.5) is 17.5 Å². The molecule has 5 N–H and O–H groups in total. The van der Waals surface area contributed by atoms with Crippen molar-refractivity contribution in [1.82, 2.24) is 9.97 Å². The van der Waals surface area contributed by atoms with E-state index in [0.717, 1.165) is 41.3 Å². The standard InChI is InChI=1S/C17H21N5O/c1-10(23)20-13-7-5-12(6-8-13)15-14(9-4-11-2-3-11)16(18)22-17(19)21-15/h5-8,11H,2-4,9H2,1H3,(H,20,23)(H4,18,19,21,22). The van der Waals surface area contributed by atoms with Crippen LogP contribution in [0, 0.1) is 5.92 Å². The normalized spacial score (nSPS) is 13.8. The zero-order valence-electron chi connectivity index (χ0n) is 13.2. The lowest BCUT2D eigenvalue weighted by Gasteiger charge is -2.12. The van der Waals surface area contributed by atoms with Crippen LogP contribution in [0.15, 0.2) is 24.3 Å². The quantitative estimate of drug-likeness (QED) is 0.786. The molecule has 3 rings (SSSR count). The summed E-state index contributed by atoms with van der Waals surface area (Å²) in [5, 5.41) is 2.75. The summed E-state index contributed by atoms with van der Waals surface area (Å²) in [5.74, 6) is 1.35. The maximum atomic E-state index is 11.1. The first-order chi connectivity index (χ1) is 11.0. The second kappa shape index (κ2) is 6.24. The number of hydrogen-bond donors (Lipinski definition) is 3. The monoisotopic (exact) mass is 311 g/mol. The molecule has 6 heteroatoms. The molecule has 0 aliphatic heterocycles. The lowest BCUT2D eigenvalue weighted by atomic mass is 10.0. The number of benzene rings is 1. The van der Waals surface area contributed by atoms with Crippen LogP contribution in [-0.2, 0) is 11.2 Å². The molecule has 0 saturated heterocycles. The fourth-order valence-corrected chi connectivity index (χ4v) is 2.67. The van der Waals surface area contributed by atoms with E-state index in [4.69, 9.17) is 11.5 Å². The van der Waals surface area contributed by atoms with Crippen molar-refractivity contribution in [2.45, 2.75) is 32.6 Å². The van der Waals surface area contributed by atoms with Crippen LogP contribution in [0.5, 0.6) is 0 Å². The molecule has 6 nitrogen and oxygen atoms in total. The van der Waals surface area contributed by atoms with Crippen LogP contribution in [-0.4, -0.2) is 15.9 Å². The molecule has 0 spiro atoms. The summed E-state index contributed by atoms with van der Waals surface area (Å²) in [4.78, 5) is 19.6. The van der Waals surface area contributed by atoms with Crippen LogP contribution >= 0.6 is 0 Å². The van der Waals surface area contributed by atoms with E-state index in [0.29, 0.717) is 5.82 Å². The average Bonchev–Trinajstić information content (AvgIpc) is 3.30. The van der Waals surface area contributed by atoms with Crippen molar-refractivity contribution in [3.05, 3.63) is 29.8 Å². The number of rotatable bonds is 5. The Hall–Kier alpha value is -2.63. The predicted octanol–water partition coefficient (Wildman–Crippen LogP) is 2.61. The molecular weight excluding hydrogens is 290 g/mol. The molecule has 1 aromatic heterocycles. The van der Waals surface area contributed by atoms with Crippen LogP contribution in [0.2, 0.25) is 0 Å². The average molecular weight is 311 g/mol. The molecule has 0 radical (unpaired) electrons. The van der Waals surface area contributed by atoms with E-state index in [1.54, 1.807) is 0 Å². The molecule has 120 valence electrons. The number of amides is 1. The van der Waals surface area contributed by atoms with Crippen LogP contribution in [0.3, 0.4) is 0 Å². The smallest absolute Gasteiger partial charge is 0.222 e. The van der Waals surface area contributed by atoms with Crippen molar-refractivity contribution >= 4 is 23.4 Å². The van der Waals surface area contributed by atoms with Gasteiger partial charge in [0.15, 0.2) is 0 Å². The summed E-state index contributed by atoms with van der Waals surface area (Å²) in [6, 6.07) is 7.51. The molecule has 2 aromatic rings. The Bertz CT molecular complexity index is 723. The number of aromatic nitrogens is 2. The zero-order chi connectivity index (χ0) is 16.4. The molecule has 1 aliphatic rings. The van der Waals surface area contributed by atoms with Gasteiger partial charge >= 0.3 is 0 Å². The van der Waals surface area contributed by atoms with Gasteiger partial charge in [-0.1, -0.05) is 25.0 Å². The van der Waals surface area contributed by atoms with Gasteiger partial charge in [0.2, 0.25) is 11.9 Å². The summed E-state index contributed by atoms with van der Waals surface area (Å²) >= 11 is 0. The van der Waals surface area contributed by atoms with Crippen LogP contribution < -0.4 is 16.8 Å². The number of nitrogens with one attached hydrogen (secondary N) is 1. The van der Waals surface area contributed by atoms with Crippen LogP contribution in [0.25, 0.3) is 11.3 Å². The topological polar surface area (TPSA) is 107 Å². The fourth-order valence-electron chi connectivity index (χ4n) is 2.67. The molecule has 0 unspecified atom stereocenters. The number of nitrogens with two attached hydrogens (primary N) is 2. The van der Waals surface area contributed by atoms with Gasteiger partial charge in [-0.25, -0.2) is 4.98 Å². The lowest BCUT2D eigenvalue weighted by Crippen LogP contribution is -2.08. The first kappa shape index (κ1) is 15.3. The van der Waals surface area contributed by atoms with Gasteiger partial charge < -0.3 is 16.8 Å². The van der Waals surface area contributed by atoms with Gasteiger partial charge in [-0.15, -0.1) is 0 Å². The molecule has 1 fully saturated rings. The number of nitrogen functional groups attached to an aromatic ring is 2. The third-order valence-corrected chi connectivity index (χ3v) is 4.03. The highest BCUT2D eigenvalue weighted by molar-refractivity contribution is 5.89. The SMILES string of the molecule is CC(=O)Nc1ccc(-c2nc(N)nc(N)c2CCC2CC2)cc1. The molecule has 1 saturated carbocycles. The minimum atomic E-state index is -0.0987. The Balaban J connectivity index is 1.91. The molecule has 1 aliphatic carbocycles. The minimum absolute atomic E-state index is 0.0987. The predicted molar refractivity (Wildman–Crippen MR) is 91.6 cm³/mol. The van der Waals surface area contributed by atoms with E-state index in [2.05, 4.69) is 15.3 Å². The molecule has 1 heterocycles. The van der Waals surface area contributed by atoms with Crippen molar-refractivity contribution in [1.29, 1.82) is 0 Å². The highest BCUT2D eigenvalue weighted by Crippen LogP contribution is 2.36. The maximum Gasteiger partial charge on any atom is 0.222 e. The summed E-state index contributed by atoms with van der Waals surface area (Å²) in [6.07, 6.45) is 4.57. The highest BCUT2D eigenvalue weighted by atomic mass is 16.1. The van der Waals surface area contributed by atoms with E-state index in [1.165, 1.54) is 19.8 Å². The highest BCUT2D eigenvalue weighted by Gasteiger charge is 2.22. The maximum absolute atomic E-state index is 11.1. The molecule has 1 aromatic carbocycles. The van der Waals surface area contributed by atoms with Crippen molar-refractivity contribution in [3.63, 3.8) is 0 Å². The first-order valence-corrected chi connectivity index (χ1v) is 7.83. The molecule has 0 atom stereocenters. The summed E-state index contributed by atoms with van der Waals surface area (Å²) < 4.78 is 0. The fraction of sp³-hybridized carbons (Fsp3) is 0.353. The zero-order valence-corrected chi connectivity index (χ0v) is 13.2. The Morgan fingerprint density at radius 3 is 2.52 bits per heavy atom. The van der Waals surface area contributed by atoms with Crippen molar-refractivity contribution in [2.24, 2.45) is 5.92 Å². The summed E-state index contributed by atoms with van der Waals surface area (Å²) in [7, 11) is 0. The summed E-state index contributed by atoms with van der Waals surface area (Å²) in [6.45, 7) is 1.48. The van der Waals surface area contributed by atoms with Gasteiger partial charge in [-0.3, -0.25) is 4.79 Å². The Labute approximate surface area is 135 Å². The van der Waals surface area contributed by atoms with E-state index in [9.17, 15) is 4.79 Å². The Kier molecular flexibility index (Phi) is 4.14. The number of nitrogens with zero attached hydrogens (tertiary/aromatic N) is 2. The van der Waals surface area contributed by atoms with Gasteiger partial charge in [-0.2, -0.15) is 4.98 Å². The van der Waals surface area contributed by atoms with E-state index in [-0.39, 0.29) is 11.9 Å². The lowest BCUT2D eigenvalue weighted by molar-refractivity contribution is -0.114. The third kappa shape index (κ3) is 3.77. The molecule has 0 bridgehead atoms. The van der Waals surface area contributed by atoms with Gasteiger partial charge in [0, 0.05) is 23.7 Å². The Morgan fingerprint density at radius 2 is 1.91 bits per heavy atom. The van der Waals surface area contributed by atoms with E-state index < -0.39 is 0 Å². The van der Waals surface area contributed by atoms with Gasteiger partial charge in [0.05, 0.1) is 5.69 Å². The van der Waals surface area contributed by atoms with Crippen LogP contribution in [0.1, 0.15) is 31.7 Å². The van der Waals surface area contributed by atoms with Crippen molar-refractivity contribution in [2.75, 3.05) is 16.8 Å². The largest absolute Gasteiger partial charge is 0.383 e. The minimum Gasteiger partial charge on any atom is -0.383 e. The van der Waals surface area contributed by atoms with Gasteiger partial charge in [0.1, 0.15) is 5.82 Å². The van der Waals surface area contributed by atoms with E-state index in [1.807, 2.05) is 24.3 Å². The van der Waals surface area contributed by atoms with Gasteiger partial charge in [-0.05, 0) is 30.9 Å². The number of carbonyl (C=O) groups is 1. The third-order valence-electron chi connectivity index (χ3n) is 4.03. The second-order valence-corrected chi connectivity index (χ2v) is 6.03. The molecular formula is C17H21N5O. The summed E-state index contributed by atoms with van der Waals surface area (Å²) in [5.41, 5.74) is 15.3. The number of hydrogen-bond acceptors (Lipinski definition) is 5. The van der Waals surface area contributed by atoms with Crippen molar-refractivity contribution < 1.29 is 4.79 Å². The van der Waals surface area contributed by atoms with Gasteiger partial charge in [0.25, 0.3) is 0 Å². The Morgan fingerprint density at radius 1 is 1.22 bits per heavy atom. The number of anilines is 3. The number of carbonyl (C=O) groups excluding carboxylic acids is 1.